The quantitative estimate of drug-likeness (QED) is 0.868. The summed E-state index contributed by atoms with van der Waals surface area (Å²) in [5.41, 5.74) is 1.65. The number of carboxylic acid groups (broad SMARTS) is 1. The molecule has 1 unspecified atom stereocenters. The molecule has 2 rings (SSSR count). The summed E-state index contributed by atoms with van der Waals surface area (Å²) in [6.45, 7) is 2.57. The van der Waals surface area contributed by atoms with Gasteiger partial charge in [0.1, 0.15) is 0 Å². The third-order valence-electron chi connectivity index (χ3n) is 3.02. The van der Waals surface area contributed by atoms with E-state index in [0.29, 0.717) is 6.54 Å². The summed E-state index contributed by atoms with van der Waals surface area (Å²) in [5.74, 6) is -1.60. The zero-order valence-corrected chi connectivity index (χ0v) is 10.1. The molecule has 0 saturated heterocycles. The number of benzene rings is 1. The molecule has 1 aliphatic heterocycles. The predicted molar refractivity (Wildman–Crippen MR) is 64.3 cm³/mol. The minimum Gasteiger partial charge on any atom is -0.481 e. The lowest BCUT2D eigenvalue weighted by Gasteiger charge is -2.31. The van der Waals surface area contributed by atoms with Gasteiger partial charge in [-0.3, -0.25) is 4.79 Å². The van der Waals surface area contributed by atoms with Gasteiger partial charge in [0.15, 0.2) is 0 Å². The first kappa shape index (κ1) is 12.4. The fourth-order valence-corrected chi connectivity index (χ4v) is 2.17. The number of ether oxygens (including phenoxy) is 1. The van der Waals surface area contributed by atoms with Gasteiger partial charge in [-0.15, -0.1) is 0 Å². The smallest absolute Gasteiger partial charge is 0.410 e. The highest BCUT2D eigenvalue weighted by Crippen LogP contribution is 2.28. The maximum atomic E-state index is 11.7. The monoisotopic (exact) mass is 249 g/mol. The highest BCUT2D eigenvalue weighted by Gasteiger charge is 2.32. The molecule has 0 aromatic heterocycles. The third kappa shape index (κ3) is 2.30. The van der Waals surface area contributed by atoms with E-state index >= 15 is 0 Å². The number of fused-ring (bicyclic) bond motifs is 1. The summed E-state index contributed by atoms with van der Waals surface area (Å²) in [4.78, 5) is 24.4. The van der Waals surface area contributed by atoms with Crippen molar-refractivity contribution in [2.24, 2.45) is 0 Å². The van der Waals surface area contributed by atoms with E-state index in [1.54, 1.807) is 13.0 Å². The van der Waals surface area contributed by atoms with Gasteiger partial charge in [0.25, 0.3) is 0 Å². The van der Waals surface area contributed by atoms with Crippen LogP contribution in [0, 0.1) is 0 Å². The van der Waals surface area contributed by atoms with Crippen molar-refractivity contribution in [3.63, 3.8) is 0 Å². The van der Waals surface area contributed by atoms with Crippen LogP contribution in [0.1, 0.15) is 24.0 Å². The number of carbonyl (C=O) groups is 2. The number of hydrogen-bond donors (Lipinski definition) is 1. The van der Waals surface area contributed by atoms with Crippen molar-refractivity contribution in [3.05, 3.63) is 35.4 Å². The lowest BCUT2D eigenvalue weighted by Crippen LogP contribution is -2.40. The average Bonchev–Trinajstić information content (AvgIpc) is 2.37. The SMILES string of the molecule is CCOC(=O)N1Cc2ccccc2C(C(=O)O)C1. The molecule has 1 atom stereocenters. The summed E-state index contributed by atoms with van der Waals surface area (Å²) in [7, 11) is 0. The molecule has 1 amide bonds. The predicted octanol–water partition coefficient (Wildman–Crippen LogP) is 1.83. The van der Waals surface area contributed by atoms with Crippen molar-refractivity contribution in [1.82, 2.24) is 4.90 Å². The Kier molecular flexibility index (Phi) is 3.50. The zero-order chi connectivity index (χ0) is 13.1. The summed E-state index contributed by atoms with van der Waals surface area (Å²) in [5, 5.41) is 9.24. The standard InChI is InChI=1S/C13H15NO4/c1-2-18-13(17)14-7-9-5-3-4-6-10(9)11(8-14)12(15)16/h3-6,11H,2,7-8H2,1H3,(H,15,16). The molecule has 96 valence electrons. The molecular weight excluding hydrogens is 234 g/mol. The molecule has 0 aliphatic carbocycles. The molecule has 0 fully saturated rings. The Bertz CT molecular complexity index is 472. The molecule has 0 spiro atoms. The number of rotatable bonds is 2. The van der Waals surface area contributed by atoms with Gasteiger partial charge in [0, 0.05) is 13.1 Å². The van der Waals surface area contributed by atoms with Gasteiger partial charge in [-0.05, 0) is 18.1 Å². The Hall–Kier alpha value is -2.04. The molecule has 0 saturated carbocycles. The number of hydrogen-bond acceptors (Lipinski definition) is 3. The van der Waals surface area contributed by atoms with Crippen molar-refractivity contribution in [2.45, 2.75) is 19.4 Å². The Morgan fingerprint density at radius 1 is 1.44 bits per heavy atom. The third-order valence-corrected chi connectivity index (χ3v) is 3.02. The Morgan fingerprint density at radius 2 is 2.17 bits per heavy atom. The Labute approximate surface area is 105 Å². The molecule has 0 radical (unpaired) electrons. The van der Waals surface area contributed by atoms with E-state index in [-0.39, 0.29) is 13.2 Å². The highest BCUT2D eigenvalue weighted by atomic mass is 16.6. The van der Waals surface area contributed by atoms with E-state index in [2.05, 4.69) is 0 Å². The van der Waals surface area contributed by atoms with Gasteiger partial charge < -0.3 is 14.7 Å². The number of carboxylic acids is 1. The fourth-order valence-electron chi connectivity index (χ4n) is 2.17. The van der Waals surface area contributed by atoms with Gasteiger partial charge in [-0.25, -0.2) is 4.79 Å². The molecule has 1 aromatic carbocycles. The van der Waals surface area contributed by atoms with Crippen LogP contribution in [0.15, 0.2) is 24.3 Å². The van der Waals surface area contributed by atoms with Crippen LogP contribution in [0.2, 0.25) is 0 Å². The van der Waals surface area contributed by atoms with Crippen molar-refractivity contribution < 1.29 is 19.4 Å². The molecule has 18 heavy (non-hydrogen) atoms. The van der Waals surface area contributed by atoms with Crippen LogP contribution < -0.4 is 0 Å². The lowest BCUT2D eigenvalue weighted by molar-refractivity contribution is -0.139. The lowest BCUT2D eigenvalue weighted by atomic mass is 9.90. The van der Waals surface area contributed by atoms with Crippen molar-refractivity contribution >= 4 is 12.1 Å². The molecule has 1 aromatic rings. The summed E-state index contributed by atoms with van der Waals surface area (Å²) < 4.78 is 4.92. The minimum atomic E-state index is -0.920. The van der Waals surface area contributed by atoms with Crippen LogP contribution in [0.3, 0.4) is 0 Å². The van der Waals surface area contributed by atoms with E-state index in [1.807, 2.05) is 18.2 Å². The summed E-state index contributed by atoms with van der Waals surface area (Å²) >= 11 is 0. The van der Waals surface area contributed by atoms with E-state index in [0.717, 1.165) is 11.1 Å². The Balaban J connectivity index is 2.28. The van der Waals surface area contributed by atoms with E-state index < -0.39 is 18.0 Å². The minimum absolute atomic E-state index is 0.158. The van der Waals surface area contributed by atoms with Crippen LogP contribution in [0.4, 0.5) is 4.79 Å². The zero-order valence-electron chi connectivity index (χ0n) is 10.1. The van der Waals surface area contributed by atoms with Crippen LogP contribution in [-0.4, -0.2) is 35.2 Å². The number of amides is 1. The normalized spacial score (nSPS) is 18.1. The second kappa shape index (κ2) is 5.08. The van der Waals surface area contributed by atoms with Crippen LogP contribution in [0.5, 0.6) is 0 Å². The van der Waals surface area contributed by atoms with Crippen molar-refractivity contribution in [3.8, 4) is 0 Å². The number of aliphatic carboxylic acids is 1. The van der Waals surface area contributed by atoms with Crippen molar-refractivity contribution in [2.75, 3.05) is 13.2 Å². The first-order valence-corrected chi connectivity index (χ1v) is 5.85. The summed E-state index contributed by atoms with van der Waals surface area (Å²) in [6.07, 6.45) is -0.460. The molecule has 1 aliphatic rings. The number of carbonyl (C=O) groups excluding carboxylic acids is 1. The summed E-state index contributed by atoms with van der Waals surface area (Å²) in [6, 6.07) is 7.30. The Morgan fingerprint density at radius 3 is 2.83 bits per heavy atom. The van der Waals surface area contributed by atoms with E-state index in [9.17, 15) is 14.7 Å². The van der Waals surface area contributed by atoms with E-state index in [1.165, 1.54) is 4.90 Å². The highest BCUT2D eigenvalue weighted by molar-refractivity contribution is 5.79. The first-order chi connectivity index (χ1) is 8.63. The maximum Gasteiger partial charge on any atom is 0.410 e. The average molecular weight is 249 g/mol. The van der Waals surface area contributed by atoms with E-state index in [4.69, 9.17) is 4.74 Å². The molecule has 0 bridgehead atoms. The van der Waals surface area contributed by atoms with Crippen LogP contribution >= 0.6 is 0 Å². The maximum absolute atomic E-state index is 11.7. The first-order valence-electron chi connectivity index (χ1n) is 5.85. The van der Waals surface area contributed by atoms with Crippen molar-refractivity contribution in [1.29, 1.82) is 0 Å². The van der Waals surface area contributed by atoms with Gasteiger partial charge >= 0.3 is 12.1 Å². The topological polar surface area (TPSA) is 66.8 Å². The molecule has 1 heterocycles. The number of nitrogens with zero attached hydrogens (tertiary/aromatic N) is 1. The van der Waals surface area contributed by atoms with Crippen LogP contribution in [0.25, 0.3) is 0 Å². The molecule has 1 N–H and O–H groups in total. The molecule has 5 nitrogen and oxygen atoms in total. The van der Waals surface area contributed by atoms with Crippen LogP contribution in [-0.2, 0) is 16.1 Å². The van der Waals surface area contributed by atoms with Gasteiger partial charge in [-0.2, -0.15) is 0 Å². The van der Waals surface area contributed by atoms with Gasteiger partial charge in [0.05, 0.1) is 12.5 Å². The fraction of sp³-hybridized carbons (Fsp3) is 0.385. The molecular formula is C13H15NO4. The molecule has 5 heteroatoms. The largest absolute Gasteiger partial charge is 0.481 e. The second-order valence-electron chi connectivity index (χ2n) is 4.17. The van der Waals surface area contributed by atoms with Gasteiger partial charge in [0.2, 0.25) is 0 Å². The van der Waals surface area contributed by atoms with Gasteiger partial charge in [-0.1, -0.05) is 24.3 Å². The second-order valence-corrected chi connectivity index (χ2v) is 4.17.